The molecular weight excluding hydrogens is 154 g/mol. The molecule has 62 valence electrons. The van der Waals surface area contributed by atoms with E-state index in [4.69, 9.17) is 4.42 Å². The van der Waals surface area contributed by atoms with Gasteiger partial charge in [0.25, 0.3) is 0 Å². The average Bonchev–Trinajstić information content (AvgIpc) is 2.46. The molecule has 0 amide bonds. The van der Waals surface area contributed by atoms with E-state index in [0.717, 1.165) is 10.8 Å². The normalized spacial score (nSPS) is 10.4. The highest BCUT2D eigenvalue weighted by molar-refractivity contribution is 5.92. The molecule has 0 radical (unpaired) electrons. The van der Waals surface area contributed by atoms with Gasteiger partial charge in [-0.05, 0) is 18.2 Å². The van der Waals surface area contributed by atoms with E-state index in [1.807, 2.05) is 6.07 Å². The first kappa shape index (κ1) is 7.03. The molecule has 3 nitrogen and oxygen atoms in total. The molecule has 0 unspecified atom stereocenters. The second kappa shape index (κ2) is 2.44. The largest absolute Gasteiger partial charge is 0.508 e. The van der Waals surface area contributed by atoms with Crippen molar-refractivity contribution in [2.24, 2.45) is 0 Å². The molecule has 0 saturated carbocycles. The van der Waals surface area contributed by atoms with Crippen LogP contribution in [0.15, 0.2) is 28.9 Å². The Bertz CT molecular complexity index is 406. The number of furan rings is 1. The highest BCUT2D eigenvalue weighted by Crippen LogP contribution is 2.28. The number of nitrogens with one attached hydrogen (secondary N) is 1. The van der Waals surface area contributed by atoms with E-state index < -0.39 is 0 Å². The number of fused-ring (bicyclic) bond motifs is 1. The van der Waals surface area contributed by atoms with Crippen LogP contribution in [0.1, 0.15) is 0 Å². The highest BCUT2D eigenvalue weighted by Gasteiger charge is 2.03. The van der Waals surface area contributed by atoms with Gasteiger partial charge in [-0.15, -0.1) is 0 Å². The maximum atomic E-state index is 9.20. The van der Waals surface area contributed by atoms with Crippen molar-refractivity contribution in [2.45, 2.75) is 0 Å². The highest BCUT2D eigenvalue weighted by atomic mass is 16.3. The Morgan fingerprint density at radius 1 is 1.42 bits per heavy atom. The lowest BCUT2D eigenvalue weighted by molar-refractivity contribution is 0.476. The molecule has 0 fully saturated rings. The second-order valence-electron chi connectivity index (χ2n) is 2.59. The van der Waals surface area contributed by atoms with Crippen LogP contribution in [-0.4, -0.2) is 12.2 Å². The van der Waals surface area contributed by atoms with Crippen LogP contribution in [0.3, 0.4) is 0 Å². The van der Waals surface area contributed by atoms with Gasteiger partial charge >= 0.3 is 0 Å². The van der Waals surface area contributed by atoms with Gasteiger partial charge in [-0.25, -0.2) is 0 Å². The van der Waals surface area contributed by atoms with E-state index >= 15 is 0 Å². The zero-order valence-electron chi connectivity index (χ0n) is 6.66. The molecule has 0 spiro atoms. The number of hydrogen-bond acceptors (Lipinski definition) is 3. The Morgan fingerprint density at radius 3 is 3.00 bits per heavy atom. The van der Waals surface area contributed by atoms with Gasteiger partial charge in [-0.2, -0.15) is 0 Å². The summed E-state index contributed by atoms with van der Waals surface area (Å²) in [5, 5.41) is 14.0. The molecule has 0 atom stereocenters. The van der Waals surface area contributed by atoms with Crippen molar-refractivity contribution in [2.75, 3.05) is 12.4 Å². The second-order valence-corrected chi connectivity index (χ2v) is 2.59. The summed E-state index contributed by atoms with van der Waals surface area (Å²) in [4.78, 5) is 0. The fourth-order valence-corrected chi connectivity index (χ4v) is 1.22. The molecule has 0 saturated heterocycles. The summed E-state index contributed by atoms with van der Waals surface area (Å²) in [5.41, 5.74) is 0. The van der Waals surface area contributed by atoms with Gasteiger partial charge in [-0.1, -0.05) is 0 Å². The van der Waals surface area contributed by atoms with Gasteiger partial charge in [0.05, 0.1) is 0 Å². The molecule has 12 heavy (non-hydrogen) atoms. The van der Waals surface area contributed by atoms with Crippen molar-refractivity contribution in [1.82, 2.24) is 0 Å². The summed E-state index contributed by atoms with van der Waals surface area (Å²) in [5.74, 6) is 0.932. The zero-order valence-corrected chi connectivity index (χ0v) is 6.66. The molecule has 0 aliphatic carbocycles. The van der Waals surface area contributed by atoms with Crippen LogP contribution < -0.4 is 5.32 Å². The first-order valence-electron chi connectivity index (χ1n) is 3.69. The minimum absolute atomic E-state index is 0.250. The third kappa shape index (κ3) is 0.906. The summed E-state index contributed by atoms with van der Waals surface area (Å²) < 4.78 is 5.20. The number of aromatic hydroxyl groups is 1. The van der Waals surface area contributed by atoms with Gasteiger partial charge in [0.2, 0.25) is 0 Å². The predicted octanol–water partition coefficient (Wildman–Crippen LogP) is 2.18. The molecule has 3 heteroatoms. The van der Waals surface area contributed by atoms with Gasteiger partial charge in [0.1, 0.15) is 12.0 Å². The Hall–Kier alpha value is -1.64. The molecule has 0 aliphatic rings. The quantitative estimate of drug-likeness (QED) is 0.677. The first-order valence-corrected chi connectivity index (χ1v) is 3.69. The van der Waals surface area contributed by atoms with E-state index in [1.165, 1.54) is 0 Å². The van der Waals surface area contributed by atoms with Gasteiger partial charge in [0, 0.05) is 17.8 Å². The van der Waals surface area contributed by atoms with Crippen LogP contribution >= 0.6 is 0 Å². The van der Waals surface area contributed by atoms with Gasteiger partial charge < -0.3 is 14.8 Å². The lowest BCUT2D eigenvalue weighted by atomic mass is 10.2. The SMILES string of the molecule is CNc1occ2ccc(O)cc12. The summed E-state index contributed by atoms with van der Waals surface area (Å²) in [7, 11) is 1.78. The summed E-state index contributed by atoms with van der Waals surface area (Å²) in [6, 6.07) is 5.12. The maximum Gasteiger partial charge on any atom is 0.200 e. The van der Waals surface area contributed by atoms with Crippen molar-refractivity contribution in [1.29, 1.82) is 0 Å². The molecule has 0 aliphatic heterocycles. The van der Waals surface area contributed by atoms with Crippen LogP contribution in [0.5, 0.6) is 5.75 Å². The summed E-state index contributed by atoms with van der Waals surface area (Å²) >= 11 is 0. The number of hydrogen-bond donors (Lipinski definition) is 2. The van der Waals surface area contributed by atoms with Crippen molar-refractivity contribution < 1.29 is 9.52 Å². The average molecular weight is 163 g/mol. The number of phenols is 1. The third-order valence-electron chi connectivity index (χ3n) is 1.81. The minimum Gasteiger partial charge on any atom is -0.508 e. The van der Waals surface area contributed by atoms with Crippen molar-refractivity contribution in [3.63, 3.8) is 0 Å². The van der Waals surface area contributed by atoms with E-state index in [9.17, 15) is 5.11 Å². The molecule has 2 N–H and O–H groups in total. The third-order valence-corrected chi connectivity index (χ3v) is 1.81. The monoisotopic (exact) mass is 163 g/mol. The molecule has 1 aromatic carbocycles. The van der Waals surface area contributed by atoms with E-state index in [2.05, 4.69) is 5.32 Å². The predicted molar refractivity (Wildman–Crippen MR) is 47.4 cm³/mol. The van der Waals surface area contributed by atoms with Crippen LogP contribution in [0.25, 0.3) is 10.8 Å². The Balaban J connectivity index is 2.75. The number of phenolic OH excluding ortho intramolecular Hbond substituents is 1. The fraction of sp³-hybridized carbons (Fsp3) is 0.111. The first-order chi connectivity index (χ1) is 5.81. The zero-order chi connectivity index (χ0) is 8.55. The van der Waals surface area contributed by atoms with Crippen LogP contribution in [0.2, 0.25) is 0 Å². The number of anilines is 1. The van der Waals surface area contributed by atoms with Crippen molar-refractivity contribution in [3.05, 3.63) is 24.5 Å². The van der Waals surface area contributed by atoms with Crippen molar-refractivity contribution >= 4 is 16.7 Å². The van der Waals surface area contributed by atoms with Gasteiger partial charge in [-0.3, -0.25) is 0 Å². The van der Waals surface area contributed by atoms with Crippen LogP contribution in [-0.2, 0) is 0 Å². The molecule has 1 heterocycles. The van der Waals surface area contributed by atoms with E-state index in [1.54, 1.807) is 25.4 Å². The summed E-state index contributed by atoms with van der Waals surface area (Å²) in [6.07, 6.45) is 1.65. The molecule has 2 aromatic rings. The number of rotatable bonds is 1. The standard InChI is InChI=1S/C9H9NO2/c1-10-9-8-4-7(11)3-2-6(8)5-12-9/h2-5,10-11H,1H3. The molecule has 0 bridgehead atoms. The Morgan fingerprint density at radius 2 is 2.25 bits per heavy atom. The fourth-order valence-electron chi connectivity index (χ4n) is 1.22. The molecular formula is C9H9NO2. The Labute approximate surface area is 69.6 Å². The lowest BCUT2D eigenvalue weighted by Gasteiger charge is -1.94. The smallest absolute Gasteiger partial charge is 0.200 e. The van der Waals surface area contributed by atoms with Crippen LogP contribution in [0, 0.1) is 0 Å². The van der Waals surface area contributed by atoms with Gasteiger partial charge in [0.15, 0.2) is 5.88 Å². The Kier molecular flexibility index (Phi) is 1.43. The van der Waals surface area contributed by atoms with E-state index in [0.29, 0.717) is 5.88 Å². The summed E-state index contributed by atoms with van der Waals surface area (Å²) in [6.45, 7) is 0. The lowest BCUT2D eigenvalue weighted by Crippen LogP contribution is -1.83. The topological polar surface area (TPSA) is 45.4 Å². The maximum absolute atomic E-state index is 9.20. The van der Waals surface area contributed by atoms with E-state index in [-0.39, 0.29) is 5.75 Å². The molecule has 2 rings (SSSR count). The van der Waals surface area contributed by atoms with Crippen LogP contribution in [0.4, 0.5) is 5.88 Å². The minimum atomic E-state index is 0.250. The van der Waals surface area contributed by atoms with Crippen molar-refractivity contribution in [3.8, 4) is 5.75 Å². The number of benzene rings is 1. The molecule has 1 aromatic heterocycles.